The van der Waals surface area contributed by atoms with Gasteiger partial charge in [0, 0.05) is 5.56 Å². The first-order valence-electron chi connectivity index (χ1n) is 5.12. The fraction of sp³-hybridized carbons (Fsp3) is 0. The Bertz CT molecular complexity index is 601. The van der Waals surface area contributed by atoms with E-state index < -0.39 is 0 Å². The molecular weight excluding hydrogens is 318 g/mol. The molecule has 2 rings (SSSR count). The number of hydrogen-bond acceptors (Lipinski definition) is 2. The van der Waals surface area contributed by atoms with E-state index in [0.29, 0.717) is 20.7 Å². The summed E-state index contributed by atoms with van der Waals surface area (Å²) in [7, 11) is 0. The van der Waals surface area contributed by atoms with Crippen LogP contribution in [0.15, 0.2) is 46.9 Å². The summed E-state index contributed by atoms with van der Waals surface area (Å²) in [5.74, 6) is -0.262. The van der Waals surface area contributed by atoms with E-state index in [-0.39, 0.29) is 11.7 Å². The third kappa shape index (κ3) is 2.83. The molecule has 1 amide bonds. The van der Waals surface area contributed by atoms with Crippen molar-refractivity contribution in [3.05, 3.63) is 57.5 Å². The monoisotopic (exact) mass is 325 g/mol. The number of nitrogens with one attached hydrogen (secondary N) is 1. The molecule has 2 N–H and O–H groups in total. The van der Waals surface area contributed by atoms with Crippen molar-refractivity contribution >= 4 is 39.1 Å². The first kappa shape index (κ1) is 12.9. The molecule has 0 spiro atoms. The molecule has 92 valence electrons. The van der Waals surface area contributed by atoms with Crippen molar-refractivity contribution in [2.75, 3.05) is 5.32 Å². The lowest BCUT2D eigenvalue weighted by molar-refractivity contribution is 0.102. The van der Waals surface area contributed by atoms with Crippen molar-refractivity contribution in [2.45, 2.75) is 0 Å². The number of hydrogen-bond donors (Lipinski definition) is 2. The van der Waals surface area contributed by atoms with Crippen LogP contribution in [-0.2, 0) is 0 Å². The molecular formula is C13H9BrClNO2. The fourth-order valence-corrected chi connectivity index (χ4v) is 1.98. The number of rotatable bonds is 2. The Morgan fingerprint density at radius 3 is 2.67 bits per heavy atom. The van der Waals surface area contributed by atoms with Gasteiger partial charge in [-0.15, -0.1) is 0 Å². The minimum absolute atomic E-state index is 0.0489. The molecule has 3 nitrogen and oxygen atoms in total. The van der Waals surface area contributed by atoms with Crippen molar-refractivity contribution in [3.63, 3.8) is 0 Å². The van der Waals surface area contributed by atoms with Crippen LogP contribution in [0.3, 0.4) is 0 Å². The highest BCUT2D eigenvalue weighted by Gasteiger charge is 2.10. The van der Waals surface area contributed by atoms with Crippen LogP contribution in [-0.4, -0.2) is 11.0 Å². The maximum atomic E-state index is 11.9. The van der Waals surface area contributed by atoms with E-state index in [0.717, 1.165) is 0 Å². The Hall–Kier alpha value is -1.52. The lowest BCUT2D eigenvalue weighted by Crippen LogP contribution is -2.12. The first-order valence-corrected chi connectivity index (χ1v) is 6.29. The minimum Gasteiger partial charge on any atom is -0.508 e. The predicted molar refractivity (Wildman–Crippen MR) is 75.2 cm³/mol. The molecule has 0 saturated carbocycles. The smallest absolute Gasteiger partial charge is 0.255 e. The zero-order valence-corrected chi connectivity index (χ0v) is 11.5. The molecule has 0 aliphatic rings. The number of phenolic OH excluding ortho intramolecular Hbond substituents is 1. The summed E-state index contributed by atoms with van der Waals surface area (Å²) < 4.78 is 0.625. The molecule has 18 heavy (non-hydrogen) atoms. The molecule has 0 atom stereocenters. The van der Waals surface area contributed by atoms with Gasteiger partial charge in [0.25, 0.3) is 5.91 Å². The standard InChI is InChI=1S/C13H9BrClNO2/c14-12-10(15)5-2-6-11(12)16-13(18)8-3-1-4-9(17)7-8/h1-7,17H,(H,16,18). The van der Waals surface area contributed by atoms with Crippen LogP contribution in [0.25, 0.3) is 0 Å². The Balaban J connectivity index is 2.24. The average Bonchev–Trinajstić information content (AvgIpc) is 2.35. The Kier molecular flexibility index (Phi) is 3.89. The minimum atomic E-state index is -0.311. The summed E-state index contributed by atoms with van der Waals surface area (Å²) in [4.78, 5) is 11.9. The van der Waals surface area contributed by atoms with Gasteiger partial charge in [0.1, 0.15) is 5.75 Å². The van der Waals surface area contributed by atoms with Crippen LogP contribution in [0.1, 0.15) is 10.4 Å². The molecule has 5 heteroatoms. The molecule has 0 bridgehead atoms. The molecule has 0 aliphatic heterocycles. The number of aromatic hydroxyl groups is 1. The Morgan fingerprint density at radius 2 is 1.94 bits per heavy atom. The quantitative estimate of drug-likeness (QED) is 0.874. The van der Waals surface area contributed by atoms with Gasteiger partial charge in [-0.05, 0) is 46.3 Å². The van der Waals surface area contributed by atoms with E-state index in [9.17, 15) is 9.90 Å². The van der Waals surface area contributed by atoms with E-state index >= 15 is 0 Å². The number of benzene rings is 2. The molecule has 0 radical (unpaired) electrons. The van der Waals surface area contributed by atoms with Gasteiger partial charge in [0.05, 0.1) is 15.2 Å². The predicted octanol–water partition coefficient (Wildman–Crippen LogP) is 4.06. The normalized spacial score (nSPS) is 10.1. The Morgan fingerprint density at radius 1 is 1.22 bits per heavy atom. The molecule has 0 aromatic heterocycles. The van der Waals surface area contributed by atoms with E-state index in [1.165, 1.54) is 12.1 Å². The highest BCUT2D eigenvalue weighted by atomic mass is 79.9. The highest BCUT2D eigenvalue weighted by Crippen LogP contribution is 2.30. The zero-order chi connectivity index (χ0) is 13.1. The largest absolute Gasteiger partial charge is 0.508 e. The second kappa shape index (κ2) is 5.42. The summed E-state index contributed by atoms with van der Waals surface area (Å²) >= 11 is 9.23. The molecule has 0 fully saturated rings. The lowest BCUT2D eigenvalue weighted by Gasteiger charge is -2.08. The number of carbonyl (C=O) groups excluding carboxylic acids is 1. The Labute approximate surface area is 118 Å². The first-order chi connectivity index (χ1) is 8.58. The third-order valence-electron chi connectivity index (χ3n) is 2.31. The molecule has 2 aromatic rings. The van der Waals surface area contributed by atoms with Crippen LogP contribution < -0.4 is 5.32 Å². The molecule has 0 aliphatic carbocycles. The average molecular weight is 327 g/mol. The van der Waals surface area contributed by atoms with E-state index in [1.807, 2.05) is 0 Å². The van der Waals surface area contributed by atoms with Crippen LogP contribution >= 0.6 is 27.5 Å². The highest BCUT2D eigenvalue weighted by molar-refractivity contribution is 9.10. The van der Waals surface area contributed by atoms with E-state index in [1.54, 1.807) is 30.3 Å². The summed E-state index contributed by atoms with van der Waals surface area (Å²) in [5, 5.41) is 12.5. The van der Waals surface area contributed by atoms with Crippen LogP contribution in [0.2, 0.25) is 5.02 Å². The second-order valence-corrected chi connectivity index (χ2v) is 4.81. The van der Waals surface area contributed by atoms with Crippen LogP contribution in [0.5, 0.6) is 5.75 Å². The van der Waals surface area contributed by atoms with E-state index in [2.05, 4.69) is 21.2 Å². The van der Waals surface area contributed by atoms with Gasteiger partial charge in [-0.2, -0.15) is 0 Å². The van der Waals surface area contributed by atoms with Crippen molar-refractivity contribution in [1.82, 2.24) is 0 Å². The summed E-state index contributed by atoms with van der Waals surface area (Å²) in [5.41, 5.74) is 0.956. The van der Waals surface area contributed by atoms with Gasteiger partial charge in [0.15, 0.2) is 0 Å². The zero-order valence-electron chi connectivity index (χ0n) is 9.15. The van der Waals surface area contributed by atoms with Gasteiger partial charge in [0.2, 0.25) is 0 Å². The van der Waals surface area contributed by atoms with Crippen molar-refractivity contribution < 1.29 is 9.90 Å². The van der Waals surface area contributed by atoms with Gasteiger partial charge >= 0.3 is 0 Å². The van der Waals surface area contributed by atoms with Crippen molar-refractivity contribution in [3.8, 4) is 5.75 Å². The molecule has 0 unspecified atom stereocenters. The second-order valence-electron chi connectivity index (χ2n) is 3.61. The van der Waals surface area contributed by atoms with Gasteiger partial charge in [-0.1, -0.05) is 23.7 Å². The van der Waals surface area contributed by atoms with Crippen molar-refractivity contribution in [2.24, 2.45) is 0 Å². The molecule has 2 aromatic carbocycles. The molecule has 0 heterocycles. The number of carbonyl (C=O) groups is 1. The fourth-order valence-electron chi connectivity index (χ4n) is 1.44. The number of anilines is 1. The third-order valence-corrected chi connectivity index (χ3v) is 3.71. The van der Waals surface area contributed by atoms with E-state index in [4.69, 9.17) is 11.6 Å². The topological polar surface area (TPSA) is 49.3 Å². The van der Waals surface area contributed by atoms with Gasteiger partial charge < -0.3 is 10.4 Å². The summed E-state index contributed by atoms with van der Waals surface area (Å²) in [6.07, 6.45) is 0. The lowest BCUT2D eigenvalue weighted by atomic mass is 10.2. The van der Waals surface area contributed by atoms with Gasteiger partial charge in [-0.3, -0.25) is 4.79 Å². The van der Waals surface area contributed by atoms with Crippen LogP contribution in [0, 0.1) is 0 Å². The number of phenols is 1. The number of halogens is 2. The summed E-state index contributed by atoms with van der Waals surface area (Å²) in [6, 6.07) is 11.3. The number of amides is 1. The van der Waals surface area contributed by atoms with Gasteiger partial charge in [-0.25, -0.2) is 0 Å². The maximum Gasteiger partial charge on any atom is 0.255 e. The van der Waals surface area contributed by atoms with Crippen molar-refractivity contribution in [1.29, 1.82) is 0 Å². The SMILES string of the molecule is O=C(Nc1cccc(Cl)c1Br)c1cccc(O)c1. The molecule has 0 saturated heterocycles. The van der Waals surface area contributed by atoms with Crippen LogP contribution in [0.4, 0.5) is 5.69 Å². The summed E-state index contributed by atoms with van der Waals surface area (Å²) in [6.45, 7) is 0. The maximum absolute atomic E-state index is 11.9.